The minimum absolute atomic E-state index is 0.208. The molecule has 92 valence electrons. The minimum Gasteiger partial charge on any atom is -0.352 e. The quantitative estimate of drug-likeness (QED) is 0.705. The van der Waals surface area contributed by atoms with Gasteiger partial charge in [0.25, 0.3) is 0 Å². The first kappa shape index (κ1) is 11.9. The Balaban J connectivity index is 1.82. The Kier molecular flexibility index (Phi) is 3.82. The summed E-state index contributed by atoms with van der Waals surface area (Å²) in [6.45, 7) is 5.21. The van der Waals surface area contributed by atoms with Crippen LogP contribution in [0.5, 0.6) is 0 Å². The second-order valence-corrected chi connectivity index (χ2v) is 5.25. The molecule has 0 aromatic heterocycles. The average Bonchev–Trinajstić information content (AvgIpc) is 2.68. The summed E-state index contributed by atoms with van der Waals surface area (Å²) in [6.07, 6.45) is 3.29. The predicted octanol–water partition coefficient (Wildman–Crippen LogP) is 0.195. The highest BCUT2D eigenvalue weighted by molar-refractivity contribution is 5.79. The van der Waals surface area contributed by atoms with Crippen LogP contribution < -0.4 is 10.6 Å². The van der Waals surface area contributed by atoms with Crippen LogP contribution in [0.2, 0.25) is 0 Å². The van der Waals surface area contributed by atoms with E-state index in [1.54, 1.807) is 0 Å². The summed E-state index contributed by atoms with van der Waals surface area (Å²) in [5, 5.41) is 6.61. The molecule has 16 heavy (non-hydrogen) atoms. The molecule has 0 aromatic carbocycles. The van der Waals surface area contributed by atoms with E-state index < -0.39 is 0 Å². The van der Waals surface area contributed by atoms with E-state index >= 15 is 0 Å². The highest BCUT2D eigenvalue weighted by Crippen LogP contribution is 2.16. The summed E-state index contributed by atoms with van der Waals surface area (Å²) in [5.41, 5.74) is 0. The minimum atomic E-state index is 0.208. The molecule has 0 saturated carbocycles. The highest BCUT2D eigenvalue weighted by Gasteiger charge is 2.29. The fourth-order valence-corrected chi connectivity index (χ4v) is 2.69. The zero-order valence-electron chi connectivity index (χ0n) is 10.3. The van der Waals surface area contributed by atoms with Crippen LogP contribution in [0.1, 0.15) is 26.2 Å². The molecule has 2 aliphatic rings. The van der Waals surface area contributed by atoms with Crippen LogP contribution in [0, 0.1) is 5.92 Å². The molecule has 0 spiro atoms. The van der Waals surface area contributed by atoms with Crippen molar-refractivity contribution in [3.05, 3.63) is 0 Å². The maximum absolute atomic E-state index is 12.0. The first-order valence-corrected chi connectivity index (χ1v) is 6.39. The Labute approximate surface area is 97.8 Å². The van der Waals surface area contributed by atoms with Crippen molar-refractivity contribution in [3.8, 4) is 0 Å². The van der Waals surface area contributed by atoms with Gasteiger partial charge in [0.2, 0.25) is 5.91 Å². The van der Waals surface area contributed by atoms with Crippen molar-refractivity contribution in [1.29, 1.82) is 0 Å². The molecule has 0 bridgehead atoms. The SMILES string of the molecule is CC1NCCCC1NC(=O)C1CCN(C)C1. The number of hydrogen-bond donors (Lipinski definition) is 2. The lowest BCUT2D eigenvalue weighted by molar-refractivity contribution is -0.125. The molecule has 2 rings (SSSR count). The predicted molar refractivity (Wildman–Crippen MR) is 64.2 cm³/mol. The first-order chi connectivity index (χ1) is 7.66. The van der Waals surface area contributed by atoms with E-state index in [1.807, 2.05) is 0 Å². The second-order valence-electron chi connectivity index (χ2n) is 5.25. The van der Waals surface area contributed by atoms with Crippen molar-refractivity contribution in [2.24, 2.45) is 5.92 Å². The van der Waals surface area contributed by atoms with Gasteiger partial charge in [0.1, 0.15) is 0 Å². The first-order valence-electron chi connectivity index (χ1n) is 6.39. The van der Waals surface area contributed by atoms with Crippen molar-refractivity contribution in [2.45, 2.75) is 38.3 Å². The van der Waals surface area contributed by atoms with Gasteiger partial charge in [-0.3, -0.25) is 4.79 Å². The van der Waals surface area contributed by atoms with Crippen molar-refractivity contribution < 1.29 is 4.79 Å². The van der Waals surface area contributed by atoms with E-state index in [2.05, 4.69) is 29.5 Å². The zero-order chi connectivity index (χ0) is 11.5. The number of piperidine rings is 1. The summed E-state index contributed by atoms with van der Waals surface area (Å²) >= 11 is 0. The van der Waals surface area contributed by atoms with E-state index in [0.29, 0.717) is 12.1 Å². The molecule has 2 fully saturated rings. The molecule has 2 heterocycles. The van der Waals surface area contributed by atoms with Gasteiger partial charge in [-0.25, -0.2) is 0 Å². The Hall–Kier alpha value is -0.610. The van der Waals surface area contributed by atoms with E-state index in [1.165, 1.54) is 6.42 Å². The van der Waals surface area contributed by atoms with Gasteiger partial charge in [0, 0.05) is 18.6 Å². The number of carbonyl (C=O) groups is 1. The van der Waals surface area contributed by atoms with Crippen LogP contribution in [-0.2, 0) is 4.79 Å². The van der Waals surface area contributed by atoms with Crippen LogP contribution >= 0.6 is 0 Å². The molecule has 0 radical (unpaired) electrons. The summed E-state index contributed by atoms with van der Waals surface area (Å²) in [7, 11) is 2.08. The van der Waals surface area contributed by atoms with E-state index in [0.717, 1.165) is 32.5 Å². The Morgan fingerprint density at radius 3 is 2.88 bits per heavy atom. The molecule has 2 N–H and O–H groups in total. The molecule has 0 aromatic rings. The van der Waals surface area contributed by atoms with Crippen molar-refractivity contribution in [2.75, 3.05) is 26.7 Å². The van der Waals surface area contributed by atoms with Gasteiger partial charge in [0.05, 0.1) is 5.92 Å². The third-order valence-electron chi connectivity index (χ3n) is 3.85. The van der Waals surface area contributed by atoms with Gasteiger partial charge in [-0.1, -0.05) is 0 Å². The van der Waals surface area contributed by atoms with Crippen LogP contribution in [-0.4, -0.2) is 49.6 Å². The topological polar surface area (TPSA) is 44.4 Å². The number of hydrogen-bond acceptors (Lipinski definition) is 3. The molecule has 1 amide bonds. The molecule has 3 atom stereocenters. The number of nitrogens with one attached hydrogen (secondary N) is 2. The second kappa shape index (κ2) is 5.15. The summed E-state index contributed by atoms with van der Waals surface area (Å²) in [6, 6.07) is 0.740. The highest BCUT2D eigenvalue weighted by atomic mass is 16.2. The number of amides is 1. The standard InChI is InChI=1S/C12H23N3O/c1-9-11(4-3-6-13-9)14-12(16)10-5-7-15(2)8-10/h9-11,13H,3-8H2,1-2H3,(H,14,16). The number of carbonyl (C=O) groups excluding carboxylic acids is 1. The lowest BCUT2D eigenvalue weighted by Crippen LogP contribution is -2.53. The van der Waals surface area contributed by atoms with Gasteiger partial charge in [-0.05, 0) is 46.3 Å². The van der Waals surface area contributed by atoms with E-state index in [9.17, 15) is 4.79 Å². The number of rotatable bonds is 2. The van der Waals surface area contributed by atoms with Gasteiger partial charge in [0.15, 0.2) is 0 Å². The van der Waals surface area contributed by atoms with Gasteiger partial charge >= 0.3 is 0 Å². The van der Waals surface area contributed by atoms with Crippen LogP contribution in [0.3, 0.4) is 0 Å². The molecule has 0 aliphatic carbocycles. The molecule has 3 unspecified atom stereocenters. The normalized spacial score (nSPS) is 36.2. The number of nitrogens with zero attached hydrogens (tertiary/aromatic N) is 1. The number of likely N-dealkylation sites (tertiary alicyclic amines) is 1. The molecule has 2 saturated heterocycles. The molecule has 4 nitrogen and oxygen atoms in total. The molecule has 2 aliphatic heterocycles. The smallest absolute Gasteiger partial charge is 0.224 e. The monoisotopic (exact) mass is 225 g/mol. The van der Waals surface area contributed by atoms with Crippen molar-refractivity contribution in [1.82, 2.24) is 15.5 Å². The van der Waals surface area contributed by atoms with Crippen LogP contribution in [0.25, 0.3) is 0 Å². The summed E-state index contributed by atoms with van der Waals surface area (Å²) in [5.74, 6) is 0.462. The zero-order valence-corrected chi connectivity index (χ0v) is 10.3. The summed E-state index contributed by atoms with van der Waals surface area (Å²) in [4.78, 5) is 14.3. The van der Waals surface area contributed by atoms with Crippen molar-refractivity contribution in [3.63, 3.8) is 0 Å². The van der Waals surface area contributed by atoms with E-state index in [4.69, 9.17) is 0 Å². The Bertz CT molecular complexity index is 257. The third kappa shape index (κ3) is 2.74. The fraction of sp³-hybridized carbons (Fsp3) is 0.917. The Morgan fingerprint density at radius 2 is 2.25 bits per heavy atom. The van der Waals surface area contributed by atoms with Gasteiger partial charge < -0.3 is 15.5 Å². The van der Waals surface area contributed by atoms with Crippen LogP contribution in [0.4, 0.5) is 0 Å². The van der Waals surface area contributed by atoms with Crippen molar-refractivity contribution >= 4 is 5.91 Å². The van der Waals surface area contributed by atoms with Gasteiger partial charge in [-0.2, -0.15) is 0 Å². The maximum atomic E-state index is 12.0. The fourth-order valence-electron chi connectivity index (χ4n) is 2.69. The van der Waals surface area contributed by atoms with Crippen LogP contribution in [0.15, 0.2) is 0 Å². The lowest BCUT2D eigenvalue weighted by Gasteiger charge is -2.31. The maximum Gasteiger partial charge on any atom is 0.224 e. The third-order valence-corrected chi connectivity index (χ3v) is 3.85. The molecular formula is C12H23N3O. The average molecular weight is 225 g/mol. The lowest BCUT2D eigenvalue weighted by atomic mass is 9.98. The summed E-state index contributed by atoms with van der Waals surface area (Å²) < 4.78 is 0. The molecular weight excluding hydrogens is 202 g/mol. The Morgan fingerprint density at radius 1 is 1.44 bits per heavy atom. The largest absolute Gasteiger partial charge is 0.352 e. The van der Waals surface area contributed by atoms with Gasteiger partial charge in [-0.15, -0.1) is 0 Å². The van der Waals surface area contributed by atoms with E-state index in [-0.39, 0.29) is 11.8 Å². The molecule has 4 heteroatoms.